The van der Waals surface area contributed by atoms with E-state index in [0.717, 1.165) is 0 Å². The smallest absolute Gasteiger partial charge is 0.401 e. The monoisotopic (exact) mass is 105 g/mol. The molecule has 0 fully saturated rings. The Labute approximate surface area is 42.3 Å². The third-order valence-electron chi connectivity index (χ3n) is 0.426. The van der Waals surface area contributed by atoms with Crippen LogP contribution in [0.3, 0.4) is 0 Å². The molecule has 0 spiro atoms. The van der Waals surface area contributed by atoms with Gasteiger partial charge in [0.15, 0.2) is 0 Å². The molecule has 4 nitrogen and oxygen atoms in total. The van der Waals surface area contributed by atoms with Crippen LogP contribution in [0.5, 0.6) is 0 Å². The molecule has 0 amide bonds. The summed E-state index contributed by atoms with van der Waals surface area (Å²) >= 11 is 0. The lowest BCUT2D eigenvalue weighted by Crippen LogP contribution is -2.25. The van der Waals surface area contributed by atoms with Crippen molar-refractivity contribution in [2.45, 2.75) is 6.92 Å². The van der Waals surface area contributed by atoms with E-state index in [4.69, 9.17) is 5.02 Å². The zero-order valence-corrected chi connectivity index (χ0v) is 4.13. The summed E-state index contributed by atoms with van der Waals surface area (Å²) in [5.74, 6) is 4.48. The Morgan fingerprint density at radius 1 is 1.86 bits per heavy atom. The minimum Gasteiger partial charge on any atom is -0.401 e. The fourth-order valence-electron chi connectivity index (χ4n) is 0.182. The Balaban J connectivity index is 2.83. The molecule has 0 aliphatic rings. The molecule has 5 heteroatoms. The van der Waals surface area contributed by atoms with E-state index in [0.29, 0.717) is 6.61 Å². The van der Waals surface area contributed by atoms with Gasteiger partial charge in [-0.3, -0.25) is 0 Å². The molecular weight excluding hydrogens is 96.8 g/mol. The van der Waals surface area contributed by atoms with Crippen LogP contribution >= 0.6 is 0 Å². The topological polar surface area (TPSA) is 64.7 Å². The van der Waals surface area contributed by atoms with Gasteiger partial charge in [0.05, 0.1) is 0 Å². The predicted octanol–water partition coefficient (Wildman–Crippen LogP) is -1.11. The van der Waals surface area contributed by atoms with Gasteiger partial charge in [-0.15, -0.1) is 0 Å². The minimum absolute atomic E-state index is 0.387. The third kappa shape index (κ3) is 3.74. The average Bonchev–Trinajstić information content (AvgIpc) is 1.68. The number of nitrogens with two attached hydrogens (primary N) is 1. The van der Waals surface area contributed by atoms with Gasteiger partial charge in [0.2, 0.25) is 0 Å². The van der Waals surface area contributed by atoms with Gasteiger partial charge >= 0.3 is 7.32 Å². The quantitative estimate of drug-likeness (QED) is 0.352. The number of rotatable bonds is 3. The highest BCUT2D eigenvalue weighted by Gasteiger charge is 2.10. The molecule has 0 radical (unpaired) electrons. The molecule has 0 aromatic carbocycles. The predicted molar refractivity (Wildman–Crippen MR) is 24.9 cm³/mol. The molecule has 3 N–H and O–H groups in total. The van der Waals surface area contributed by atoms with E-state index in [-0.39, 0.29) is 0 Å². The van der Waals surface area contributed by atoms with Gasteiger partial charge in [-0.2, -0.15) is 0 Å². The SMILES string of the molecule is CCOB(O)ON. The Kier molecular flexibility index (Phi) is 4.02. The lowest BCUT2D eigenvalue weighted by atomic mass is 10.3. The van der Waals surface area contributed by atoms with Gasteiger partial charge in [0.1, 0.15) is 0 Å². The summed E-state index contributed by atoms with van der Waals surface area (Å²) in [6, 6.07) is 0. The van der Waals surface area contributed by atoms with Gasteiger partial charge in [-0.25, -0.2) is 5.90 Å². The van der Waals surface area contributed by atoms with E-state index in [1.165, 1.54) is 0 Å². The van der Waals surface area contributed by atoms with Crippen molar-refractivity contribution in [1.29, 1.82) is 0 Å². The largest absolute Gasteiger partial charge is 0.654 e. The van der Waals surface area contributed by atoms with Crippen molar-refractivity contribution >= 4 is 7.32 Å². The van der Waals surface area contributed by atoms with E-state index in [1.54, 1.807) is 6.92 Å². The first-order valence-corrected chi connectivity index (χ1v) is 1.96. The first-order valence-electron chi connectivity index (χ1n) is 1.96. The lowest BCUT2D eigenvalue weighted by Gasteiger charge is -1.98. The number of hydrogen-bond acceptors (Lipinski definition) is 4. The van der Waals surface area contributed by atoms with Crippen LogP contribution < -0.4 is 5.90 Å². The summed E-state index contributed by atoms with van der Waals surface area (Å²) in [5.41, 5.74) is 0. The second-order valence-corrected chi connectivity index (χ2v) is 0.898. The Morgan fingerprint density at radius 3 is 2.57 bits per heavy atom. The van der Waals surface area contributed by atoms with Crippen LogP contribution in [0.25, 0.3) is 0 Å². The van der Waals surface area contributed by atoms with Crippen molar-refractivity contribution in [2.24, 2.45) is 5.90 Å². The summed E-state index contributed by atoms with van der Waals surface area (Å²) in [6.45, 7) is 2.11. The highest BCUT2D eigenvalue weighted by Crippen LogP contribution is 1.75. The highest BCUT2D eigenvalue weighted by atomic mass is 16.7. The minimum atomic E-state index is -1.27. The van der Waals surface area contributed by atoms with Gasteiger partial charge in [-0.1, -0.05) is 0 Å². The molecule has 42 valence electrons. The van der Waals surface area contributed by atoms with Gasteiger partial charge in [-0.05, 0) is 6.92 Å². The summed E-state index contributed by atoms with van der Waals surface area (Å²) in [5, 5.41) is 8.29. The third-order valence-corrected chi connectivity index (χ3v) is 0.426. The van der Waals surface area contributed by atoms with E-state index in [2.05, 4.69) is 15.3 Å². The van der Waals surface area contributed by atoms with Crippen LogP contribution in [0.4, 0.5) is 0 Å². The van der Waals surface area contributed by atoms with Gasteiger partial charge in [0, 0.05) is 6.61 Å². The summed E-state index contributed by atoms with van der Waals surface area (Å²) < 4.78 is 8.22. The van der Waals surface area contributed by atoms with Gasteiger partial charge in [0.25, 0.3) is 0 Å². The molecule has 0 atom stereocenters. The van der Waals surface area contributed by atoms with Crippen molar-refractivity contribution < 1.29 is 14.4 Å². The van der Waals surface area contributed by atoms with Crippen LogP contribution in [0.15, 0.2) is 0 Å². The maximum absolute atomic E-state index is 8.29. The standard InChI is InChI=1S/C2H8BNO3/c1-2-6-3(5)7-4/h5H,2,4H2,1H3. The maximum atomic E-state index is 8.29. The first-order chi connectivity index (χ1) is 3.31. The molecule has 0 aliphatic carbocycles. The molecule has 0 unspecified atom stereocenters. The molecule has 0 saturated carbocycles. The Morgan fingerprint density at radius 2 is 2.43 bits per heavy atom. The normalized spacial score (nSPS) is 9.00. The van der Waals surface area contributed by atoms with Crippen molar-refractivity contribution in [3.05, 3.63) is 0 Å². The first kappa shape index (κ1) is 6.90. The van der Waals surface area contributed by atoms with E-state index < -0.39 is 7.32 Å². The fourth-order valence-corrected chi connectivity index (χ4v) is 0.182. The molecule has 0 saturated heterocycles. The zero-order valence-electron chi connectivity index (χ0n) is 4.13. The van der Waals surface area contributed by atoms with E-state index >= 15 is 0 Å². The van der Waals surface area contributed by atoms with Crippen molar-refractivity contribution in [2.75, 3.05) is 6.61 Å². The van der Waals surface area contributed by atoms with Crippen LogP contribution in [-0.4, -0.2) is 19.0 Å². The number of hydrogen-bond donors (Lipinski definition) is 2. The Hall–Kier alpha value is -0.0951. The van der Waals surface area contributed by atoms with Gasteiger partial charge < -0.3 is 14.4 Å². The molecule has 0 heterocycles. The van der Waals surface area contributed by atoms with Crippen LogP contribution in [0.1, 0.15) is 6.92 Å². The lowest BCUT2D eigenvalue weighted by molar-refractivity contribution is 0.141. The van der Waals surface area contributed by atoms with Crippen molar-refractivity contribution in [1.82, 2.24) is 0 Å². The van der Waals surface area contributed by atoms with Crippen LogP contribution in [-0.2, 0) is 9.41 Å². The maximum Gasteiger partial charge on any atom is 0.654 e. The zero-order chi connectivity index (χ0) is 5.70. The molecule has 0 aromatic heterocycles. The molecule has 0 bridgehead atoms. The fraction of sp³-hybridized carbons (Fsp3) is 1.00. The molecular formula is C2H8BNO3. The van der Waals surface area contributed by atoms with E-state index in [9.17, 15) is 0 Å². The van der Waals surface area contributed by atoms with Crippen molar-refractivity contribution in [3.8, 4) is 0 Å². The molecule has 0 aromatic rings. The summed E-state index contributed by atoms with van der Waals surface area (Å²) in [7, 11) is -1.27. The average molecular weight is 105 g/mol. The van der Waals surface area contributed by atoms with Crippen LogP contribution in [0.2, 0.25) is 0 Å². The van der Waals surface area contributed by atoms with Crippen molar-refractivity contribution in [3.63, 3.8) is 0 Å². The summed E-state index contributed by atoms with van der Waals surface area (Å²) in [4.78, 5) is 0. The second-order valence-electron chi connectivity index (χ2n) is 0.898. The highest BCUT2D eigenvalue weighted by molar-refractivity contribution is 6.34. The molecule has 0 rings (SSSR count). The van der Waals surface area contributed by atoms with E-state index in [1.807, 2.05) is 0 Å². The Bertz CT molecular complexity index is 43.9. The molecule has 0 aliphatic heterocycles. The second kappa shape index (κ2) is 4.07. The van der Waals surface area contributed by atoms with Crippen LogP contribution in [0, 0.1) is 0 Å². The molecule has 7 heavy (non-hydrogen) atoms. The summed E-state index contributed by atoms with van der Waals surface area (Å²) in [6.07, 6.45) is 0.